The second-order valence-electron chi connectivity index (χ2n) is 3.43. The Morgan fingerprint density at radius 2 is 2.00 bits per heavy atom. The smallest absolute Gasteiger partial charge is 0.122 e. The summed E-state index contributed by atoms with van der Waals surface area (Å²) in [6.07, 6.45) is 3.10. The third kappa shape index (κ3) is 4.32. The molecule has 0 aliphatic carbocycles. The molecule has 15 heavy (non-hydrogen) atoms. The number of aliphatic hydroxyl groups excluding tert-OH is 1. The summed E-state index contributed by atoms with van der Waals surface area (Å²) in [6.45, 7) is 1.14. The van der Waals surface area contributed by atoms with Gasteiger partial charge < -0.3 is 15.6 Å². The van der Waals surface area contributed by atoms with Gasteiger partial charge in [-0.1, -0.05) is 18.2 Å². The average molecular weight is 209 g/mol. The molecule has 3 nitrogen and oxygen atoms in total. The van der Waals surface area contributed by atoms with E-state index >= 15 is 0 Å². The van der Waals surface area contributed by atoms with Gasteiger partial charge in [-0.2, -0.15) is 0 Å². The Balaban J connectivity index is 2.52. The van der Waals surface area contributed by atoms with Gasteiger partial charge in [-0.15, -0.1) is 0 Å². The highest BCUT2D eigenvalue weighted by molar-refractivity contribution is 5.33. The van der Waals surface area contributed by atoms with E-state index in [1.807, 2.05) is 18.2 Å². The van der Waals surface area contributed by atoms with Gasteiger partial charge in [0.1, 0.15) is 12.4 Å². The summed E-state index contributed by atoms with van der Waals surface area (Å²) in [5.41, 5.74) is 6.64. The zero-order valence-electron chi connectivity index (χ0n) is 8.98. The Morgan fingerprint density at radius 3 is 2.73 bits per heavy atom. The molecule has 3 heteroatoms. The van der Waals surface area contributed by atoms with E-state index in [0.717, 1.165) is 31.6 Å². The van der Waals surface area contributed by atoms with Gasteiger partial charge in [0.2, 0.25) is 0 Å². The maximum absolute atomic E-state index is 8.69. The molecule has 0 saturated carbocycles. The fourth-order valence-corrected chi connectivity index (χ4v) is 1.47. The first kappa shape index (κ1) is 12.0. The van der Waals surface area contributed by atoms with E-state index in [1.165, 1.54) is 5.56 Å². The van der Waals surface area contributed by atoms with Crippen molar-refractivity contribution in [2.45, 2.75) is 19.3 Å². The largest absolute Gasteiger partial charge is 0.491 e. The van der Waals surface area contributed by atoms with Gasteiger partial charge in [-0.25, -0.2) is 0 Å². The first-order valence-electron chi connectivity index (χ1n) is 5.40. The number of unbranched alkanes of at least 4 members (excludes halogenated alkanes) is 1. The van der Waals surface area contributed by atoms with E-state index < -0.39 is 0 Å². The van der Waals surface area contributed by atoms with E-state index in [2.05, 4.69) is 6.07 Å². The molecule has 0 fully saturated rings. The van der Waals surface area contributed by atoms with Crippen LogP contribution in [0.15, 0.2) is 24.3 Å². The Bertz CT molecular complexity index is 276. The fraction of sp³-hybridized carbons (Fsp3) is 0.500. The van der Waals surface area contributed by atoms with Crippen LogP contribution >= 0.6 is 0 Å². The van der Waals surface area contributed by atoms with Crippen LogP contribution in [0.2, 0.25) is 0 Å². The molecule has 0 spiro atoms. The lowest BCUT2D eigenvalue weighted by molar-refractivity contribution is 0.200. The van der Waals surface area contributed by atoms with Crippen molar-refractivity contribution >= 4 is 0 Å². The number of para-hydroxylation sites is 1. The van der Waals surface area contributed by atoms with Crippen molar-refractivity contribution in [1.82, 2.24) is 0 Å². The minimum atomic E-state index is 0.0527. The van der Waals surface area contributed by atoms with Crippen LogP contribution in [0.4, 0.5) is 0 Å². The minimum absolute atomic E-state index is 0.0527. The van der Waals surface area contributed by atoms with Crippen LogP contribution < -0.4 is 10.5 Å². The highest BCUT2D eigenvalue weighted by Crippen LogP contribution is 2.19. The summed E-state index contributed by atoms with van der Waals surface area (Å²) in [5, 5.41) is 8.69. The maximum atomic E-state index is 8.69. The van der Waals surface area contributed by atoms with E-state index in [0.29, 0.717) is 6.61 Å². The molecular weight excluding hydrogens is 190 g/mol. The lowest BCUT2D eigenvalue weighted by Crippen LogP contribution is -2.04. The molecule has 0 radical (unpaired) electrons. The number of benzene rings is 1. The summed E-state index contributed by atoms with van der Waals surface area (Å²) >= 11 is 0. The molecule has 3 N–H and O–H groups in total. The fourth-order valence-electron chi connectivity index (χ4n) is 1.47. The highest BCUT2D eigenvalue weighted by Gasteiger charge is 2.01. The van der Waals surface area contributed by atoms with E-state index in [-0.39, 0.29) is 6.61 Å². The van der Waals surface area contributed by atoms with Crippen molar-refractivity contribution in [3.63, 3.8) is 0 Å². The van der Waals surface area contributed by atoms with E-state index in [9.17, 15) is 0 Å². The molecule has 1 aromatic carbocycles. The maximum Gasteiger partial charge on any atom is 0.122 e. The zero-order valence-corrected chi connectivity index (χ0v) is 8.98. The monoisotopic (exact) mass is 209 g/mol. The zero-order chi connectivity index (χ0) is 10.9. The molecule has 1 rings (SSSR count). The van der Waals surface area contributed by atoms with Crippen LogP contribution in [0.25, 0.3) is 0 Å². The van der Waals surface area contributed by atoms with Gasteiger partial charge in [0.15, 0.2) is 0 Å². The molecule has 0 unspecified atom stereocenters. The summed E-state index contributed by atoms with van der Waals surface area (Å²) in [6, 6.07) is 7.94. The molecule has 0 saturated heterocycles. The van der Waals surface area contributed by atoms with E-state index in [4.69, 9.17) is 15.6 Å². The minimum Gasteiger partial charge on any atom is -0.491 e. The Kier molecular flexibility index (Phi) is 5.81. The normalized spacial score (nSPS) is 10.3. The SMILES string of the molecule is NCCCCc1ccccc1OCCO. The highest BCUT2D eigenvalue weighted by atomic mass is 16.5. The quantitative estimate of drug-likeness (QED) is 0.666. The van der Waals surface area contributed by atoms with Crippen molar-refractivity contribution in [3.8, 4) is 5.75 Å². The Hall–Kier alpha value is -1.06. The topological polar surface area (TPSA) is 55.5 Å². The Morgan fingerprint density at radius 1 is 1.20 bits per heavy atom. The number of aliphatic hydroxyl groups is 1. The number of hydrogen-bond acceptors (Lipinski definition) is 3. The summed E-state index contributed by atoms with van der Waals surface area (Å²) in [5.74, 6) is 0.878. The second-order valence-corrected chi connectivity index (χ2v) is 3.43. The number of hydrogen-bond donors (Lipinski definition) is 2. The number of aryl methyl sites for hydroxylation is 1. The van der Waals surface area contributed by atoms with Gasteiger partial charge in [0.05, 0.1) is 6.61 Å². The van der Waals surface area contributed by atoms with Crippen LogP contribution in [0.5, 0.6) is 5.75 Å². The predicted octanol–water partition coefficient (Wildman–Crippen LogP) is 1.34. The van der Waals surface area contributed by atoms with Crippen molar-refractivity contribution in [2.24, 2.45) is 5.73 Å². The van der Waals surface area contributed by atoms with Crippen LogP contribution in [-0.4, -0.2) is 24.9 Å². The van der Waals surface area contributed by atoms with Gasteiger partial charge in [0.25, 0.3) is 0 Å². The molecule has 0 aliphatic rings. The molecule has 0 amide bonds. The van der Waals surface area contributed by atoms with Gasteiger partial charge in [0, 0.05) is 0 Å². The summed E-state index contributed by atoms with van der Waals surface area (Å²) < 4.78 is 5.44. The number of ether oxygens (including phenoxy) is 1. The molecule has 84 valence electrons. The third-order valence-electron chi connectivity index (χ3n) is 2.22. The molecule has 0 atom stereocenters. The lowest BCUT2D eigenvalue weighted by atomic mass is 10.1. The predicted molar refractivity (Wildman–Crippen MR) is 61.0 cm³/mol. The molecule has 0 bridgehead atoms. The van der Waals surface area contributed by atoms with Crippen molar-refractivity contribution in [3.05, 3.63) is 29.8 Å². The number of rotatable bonds is 7. The van der Waals surface area contributed by atoms with Crippen molar-refractivity contribution in [1.29, 1.82) is 0 Å². The van der Waals surface area contributed by atoms with Crippen LogP contribution in [-0.2, 0) is 6.42 Å². The third-order valence-corrected chi connectivity index (χ3v) is 2.22. The van der Waals surface area contributed by atoms with Crippen LogP contribution in [0, 0.1) is 0 Å². The van der Waals surface area contributed by atoms with Gasteiger partial charge in [-0.3, -0.25) is 0 Å². The van der Waals surface area contributed by atoms with Crippen molar-refractivity contribution in [2.75, 3.05) is 19.8 Å². The molecule has 0 aromatic heterocycles. The summed E-state index contributed by atoms with van der Waals surface area (Å²) in [7, 11) is 0. The number of nitrogens with two attached hydrogens (primary N) is 1. The summed E-state index contributed by atoms with van der Waals surface area (Å²) in [4.78, 5) is 0. The van der Waals surface area contributed by atoms with Gasteiger partial charge in [-0.05, 0) is 37.4 Å². The Labute approximate surface area is 90.9 Å². The molecule has 0 aliphatic heterocycles. The lowest BCUT2D eigenvalue weighted by Gasteiger charge is -2.09. The second kappa shape index (κ2) is 7.26. The van der Waals surface area contributed by atoms with E-state index in [1.54, 1.807) is 0 Å². The van der Waals surface area contributed by atoms with Crippen molar-refractivity contribution < 1.29 is 9.84 Å². The first-order valence-corrected chi connectivity index (χ1v) is 5.40. The molecular formula is C12H19NO2. The molecule has 0 heterocycles. The first-order chi connectivity index (χ1) is 7.38. The molecule has 1 aromatic rings. The van der Waals surface area contributed by atoms with Crippen LogP contribution in [0.1, 0.15) is 18.4 Å². The van der Waals surface area contributed by atoms with Gasteiger partial charge >= 0.3 is 0 Å². The standard InChI is InChI=1S/C12H19NO2/c13-8-4-3-6-11-5-1-2-7-12(11)15-10-9-14/h1-2,5,7,14H,3-4,6,8-10,13H2. The van der Waals surface area contributed by atoms with Crippen LogP contribution in [0.3, 0.4) is 0 Å². The average Bonchev–Trinajstić information content (AvgIpc) is 2.28.